The van der Waals surface area contributed by atoms with Crippen molar-refractivity contribution in [3.63, 3.8) is 0 Å². The highest BCUT2D eigenvalue weighted by Crippen LogP contribution is 2.29. The highest BCUT2D eigenvalue weighted by molar-refractivity contribution is 6.30. The van der Waals surface area contributed by atoms with Crippen molar-refractivity contribution in [3.05, 3.63) is 40.9 Å². The Hall–Kier alpha value is -1.61. The van der Waals surface area contributed by atoms with Gasteiger partial charge in [0.05, 0.1) is 7.11 Å². The summed E-state index contributed by atoms with van der Waals surface area (Å²) in [4.78, 5) is 23.4. The summed E-state index contributed by atoms with van der Waals surface area (Å²) in [5.74, 6) is -1.26. The van der Waals surface area contributed by atoms with Crippen LogP contribution < -0.4 is 0 Å². The van der Waals surface area contributed by atoms with Gasteiger partial charge in [-0.1, -0.05) is 35.9 Å². The van der Waals surface area contributed by atoms with Crippen molar-refractivity contribution < 1.29 is 14.3 Å². The lowest BCUT2D eigenvalue weighted by Gasteiger charge is -2.05. The van der Waals surface area contributed by atoms with E-state index >= 15 is 0 Å². The minimum absolute atomic E-state index is 0.0444. The van der Waals surface area contributed by atoms with Crippen LogP contribution >= 0.6 is 11.6 Å². The Labute approximate surface area is 117 Å². The van der Waals surface area contributed by atoms with Crippen molar-refractivity contribution in [1.29, 1.82) is 0 Å². The molecular formula is C15H15ClO3. The van der Waals surface area contributed by atoms with Crippen molar-refractivity contribution in [3.8, 4) is 0 Å². The fourth-order valence-corrected chi connectivity index (χ4v) is 2.38. The highest BCUT2D eigenvalue weighted by atomic mass is 35.5. The molecule has 1 aliphatic carbocycles. The molecule has 1 aromatic rings. The molecule has 3 nitrogen and oxygen atoms in total. The summed E-state index contributed by atoms with van der Waals surface area (Å²) in [6, 6.07) is 7.37. The topological polar surface area (TPSA) is 43.4 Å². The maximum atomic E-state index is 12.0. The van der Waals surface area contributed by atoms with E-state index < -0.39 is 11.9 Å². The normalized spacial score (nSPS) is 22.9. The van der Waals surface area contributed by atoms with Gasteiger partial charge in [-0.2, -0.15) is 0 Å². The Morgan fingerprint density at radius 3 is 2.63 bits per heavy atom. The molecule has 4 heteroatoms. The van der Waals surface area contributed by atoms with E-state index in [-0.39, 0.29) is 11.7 Å². The zero-order valence-corrected chi connectivity index (χ0v) is 11.4. The van der Waals surface area contributed by atoms with Gasteiger partial charge in [0.1, 0.15) is 5.92 Å². The molecule has 1 aromatic carbocycles. The van der Waals surface area contributed by atoms with Crippen LogP contribution in [0.2, 0.25) is 5.02 Å². The van der Waals surface area contributed by atoms with Crippen LogP contribution in [-0.4, -0.2) is 18.9 Å². The van der Waals surface area contributed by atoms with Crippen LogP contribution in [0.4, 0.5) is 0 Å². The van der Waals surface area contributed by atoms with Gasteiger partial charge in [0.25, 0.3) is 0 Å². The van der Waals surface area contributed by atoms with Crippen LogP contribution in [0.25, 0.3) is 6.08 Å². The third kappa shape index (κ3) is 3.24. The average molecular weight is 279 g/mol. The summed E-state index contributed by atoms with van der Waals surface area (Å²) in [5, 5.41) is 0.680. The summed E-state index contributed by atoms with van der Waals surface area (Å²) in [7, 11) is 1.31. The number of hydrogen-bond acceptors (Lipinski definition) is 3. The van der Waals surface area contributed by atoms with Gasteiger partial charge in [0.15, 0.2) is 5.78 Å². The molecule has 2 rings (SSSR count). The van der Waals surface area contributed by atoms with Crippen LogP contribution in [0.15, 0.2) is 30.3 Å². The smallest absolute Gasteiger partial charge is 0.316 e. The van der Waals surface area contributed by atoms with Gasteiger partial charge < -0.3 is 4.74 Å². The standard InChI is InChI=1S/C15H15ClO3/c1-19-15(18)13-9-6-11(14(13)17)5-2-10-3-7-12(16)8-4-10/h2-5,7-8,11,13H,6,9H2,1H3. The number of benzene rings is 1. The van der Waals surface area contributed by atoms with E-state index in [0.29, 0.717) is 17.9 Å². The van der Waals surface area contributed by atoms with E-state index in [0.717, 1.165) is 5.56 Å². The summed E-state index contributed by atoms with van der Waals surface area (Å²) in [6.45, 7) is 0. The minimum Gasteiger partial charge on any atom is -0.468 e. The second-order valence-electron chi connectivity index (χ2n) is 4.57. The number of carbonyl (C=O) groups excluding carboxylic acids is 2. The van der Waals surface area contributed by atoms with Gasteiger partial charge in [-0.3, -0.25) is 9.59 Å². The van der Waals surface area contributed by atoms with Crippen molar-refractivity contribution in [2.45, 2.75) is 12.8 Å². The molecule has 0 saturated heterocycles. The molecule has 1 saturated carbocycles. The first-order chi connectivity index (χ1) is 9.11. The number of halogens is 1. The second kappa shape index (κ2) is 6.02. The maximum Gasteiger partial charge on any atom is 0.316 e. The highest BCUT2D eigenvalue weighted by Gasteiger charge is 2.37. The van der Waals surface area contributed by atoms with Gasteiger partial charge in [-0.25, -0.2) is 0 Å². The zero-order chi connectivity index (χ0) is 13.8. The number of ether oxygens (including phenoxy) is 1. The van der Waals surface area contributed by atoms with Crippen LogP contribution in [0.3, 0.4) is 0 Å². The number of esters is 1. The van der Waals surface area contributed by atoms with Crippen LogP contribution in [0.5, 0.6) is 0 Å². The first kappa shape index (κ1) is 13.8. The monoisotopic (exact) mass is 278 g/mol. The van der Waals surface area contributed by atoms with Crippen molar-refractivity contribution in [2.24, 2.45) is 11.8 Å². The van der Waals surface area contributed by atoms with Crippen LogP contribution in [0.1, 0.15) is 18.4 Å². The van der Waals surface area contributed by atoms with E-state index in [1.807, 2.05) is 24.3 Å². The molecule has 2 unspecified atom stereocenters. The van der Waals surface area contributed by atoms with Crippen LogP contribution in [0, 0.1) is 11.8 Å². The molecule has 19 heavy (non-hydrogen) atoms. The fraction of sp³-hybridized carbons (Fsp3) is 0.333. The summed E-state index contributed by atoms with van der Waals surface area (Å²) in [6.07, 6.45) is 5.01. The van der Waals surface area contributed by atoms with Crippen LogP contribution in [-0.2, 0) is 14.3 Å². The average Bonchev–Trinajstić information content (AvgIpc) is 2.79. The maximum absolute atomic E-state index is 12.0. The Morgan fingerprint density at radius 1 is 1.32 bits per heavy atom. The Morgan fingerprint density at radius 2 is 2.00 bits per heavy atom. The van der Waals surface area contributed by atoms with E-state index in [9.17, 15) is 9.59 Å². The van der Waals surface area contributed by atoms with Crippen molar-refractivity contribution in [2.75, 3.05) is 7.11 Å². The molecule has 0 bridgehead atoms. The van der Waals surface area contributed by atoms with E-state index in [2.05, 4.69) is 4.74 Å². The molecule has 0 amide bonds. The second-order valence-corrected chi connectivity index (χ2v) is 5.01. The third-order valence-corrected chi connectivity index (χ3v) is 3.60. The lowest BCUT2D eigenvalue weighted by molar-refractivity contribution is -0.148. The Balaban J connectivity index is 2.02. The van der Waals surface area contributed by atoms with Gasteiger partial charge in [-0.15, -0.1) is 0 Å². The number of Topliss-reactive ketones (excluding diaryl/α,β-unsaturated/α-hetero) is 1. The van der Waals surface area contributed by atoms with Gasteiger partial charge in [-0.05, 0) is 30.5 Å². The molecule has 0 aromatic heterocycles. The zero-order valence-electron chi connectivity index (χ0n) is 10.6. The number of ketones is 1. The number of rotatable bonds is 3. The van der Waals surface area contributed by atoms with Crippen molar-refractivity contribution >= 4 is 29.4 Å². The lowest BCUT2D eigenvalue weighted by atomic mass is 10.0. The van der Waals surface area contributed by atoms with E-state index in [4.69, 9.17) is 11.6 Å². The van der Waals surface area contributed by atoms with E-state index in [1.54, 1.807) is 12.1 Å². The van der Waals surface area contributed by atoms with Gasteiger partial charge in [0.2, 0.25) is 0 Å². The van der Waals surface area contributed by atoms with E-state index in [1.165, 1.54) is 7.11 Å². The summed E-state index contributed by atoms with van der Waals surface area (Å²) >= 11 is 5.80. The lowest BCUT2D eigenvalue weighted by Crippen LogP contribution is -2.22. The third-order valence-electron chi connectivity index (χ3n) is 3.35. The predicted molar refractivity (Wildman–Crippen MR) is 73.7 cm³/mol. The molecule has 1 aliphatic rings. The first-order valence-corrected chi connectivity index (χ1v) is 6.55. The fourth-order valence-electron chi connectivity index (χ4n) is 2.26. The number of methoxy groups -OCH3 is 1. The largest absolute Gasteiger partial charge is 0.468 e. The molecule has 2 atom stereocenters. The van der Waals surface area contributed by atoms with Gasteiger partial charge >= 0.3 is 5.97 Å². The Kier molecular flexibility index (Phi) is 4.38. The quantitative estimate of drug-likeness (QED) is 0.630. The SMILES string of the molecule is COC(=O)C1CCC(C=Cc2ccc(Cl)cc2)C1=O. The summed E-state index contributed by atoms with van der Waals surface area (Å²) in [5.41, 5.74) is 0.985. The molecule has 0 spiro atoms. The van der Waals surface area contributed by atoms with Crippen molar-refractivity contribution in [1.82, 2.24) is 0 Å². The first-order valence-electron chi connectivity index (χ1n) is 6.17. The molecular weight excluding hydrogens is 264 g/mol. The molecule has 0 radical (unpaired) electrons. The minimum atomic E-state index is -0.593. The number of hydrogen-bond donors (Lipinski definition) is 0. The molecule has 1 fully saturated rings. The molecule has 100 valence electrons. The Bertz CT molecular complexity index is 505. The molecule has 0 heterocycles. The molecule has 0 N–H and O–H groups in total. The summed E-state index contributed by atoms with van der Waals surface area (Å²) < 4.78 is 4.63. The van der Waals surface area contributed by atoms with Gasteiger partial charge in [0, 0.05) is 10.9 Å². The molecule has 0 aliphatic heterocycles. The number of carbonyl (C=O) groups is 2. The predicted octanol–water partition coefficient (Wildman–Crippen LogP) is 3.12. The number of allylic oxidation sites excluding steroid dienone is 1.